The van der Waals surface area contributed by atoms with E-state index < -0.39 is 0 Å². The van der Waals surface area contributed by atoms with Crippen molar-refractivity contribution >= 4 is 23.2 Å². The number of anilines is 1. The van der Waals surface area contributed by atoms with E-state index in [1.54, 1.807) is 19.1 Å². The smallest absolute Gasteiger partial charge is 0.255 e. The van der Waals surface area contributed by atoms with Crippen molar-refractivity contribution in [3.63, 3.8) is 0 Å². The van der Waals surface area contributed by atoms with E-state index in [0.29, 0.717) is 11.5 Å². The molecule has 0 aliphatic carbocycles. The zero-order chi connectivity index (χ0) is 13.8. The second-order valence-corrected chi connectivity index (χ2v) is 4.35. The molecule has 0 aliphatic rings. The van der Waals surface area contributed by atoms with Crippen molar-refractivity contribution in [3.05, 3.63) is 57.7 Å². The number of nitrogens with one attached hydrogen (secondary N) is 1. The lowest BCUT2D eigenvalue weighted by Gasteiger charge is -2.09. The maximum atomic E-state index is 11.8. The predicted octanol–water partition coefficient (Wildman–Crippen LogP) is 1.84. The van der Waals surface area contributed by atoms with Crippen molar-refractivity contribution in [2.24, 2.45) is 0 Å². The Balaban J connectivity index is 2.14. The number of aryl methyl sites for hydroxylation is 1. The van der Waals surface area contributed by atoms with Crippen LogP contribution in [0.1, 0.15) is 5.82 Å². The van der Waals surface area contributed by atoms with E-state index in [1.165, 1.54) is 10.6 Å². The lowest BCUT2D eigenvalue weighted by Crippen LogP contribution is -2.29. The molecule has 6 heteroatoms. The van der Waals surface area contributed by atoms with Crippen molar-refractivity contribution in [3.8, 4) is 0 Å². The molecular weight excluding hydrogens is 266 g/mol. The molecule has 0 radical (unpaired) electrons. The van der Waals surface area contributed by atoms with Crippen molar-refractivity contribution in [1.82, 2.24) is 9.55 Å². The molecule has 0 saturated heterocycles. The molecule has 0 unspecified atom stereocenters. The van der Waals surface area contributed by atoms with Gasteiger partial charge in [-0.15, -0.1) is 0 Å². The molecule has 1 amide bonds. The minimum absolute atomic E-state index is 0.0935. The number of amides is 1. The topological polar surface area (TPSA) is 64.0 Å². The Kier molecular flexibility index (Phi) is 3.97. The minimum atomic E-state index is -0.347. The van der Waals surface area contributed by atoms with Crippen LogP contribution in [0.2, 0.25) is 5.15 Å². The van der Waals surface area contributed by atoms with Gasteiger partial charge in [0.15, 0.2) is 0 Å². The number of rotatable bonds is 3. The highest BCUT2D eigenvalue weighted by Crippen LogP contribution is 2.05. The van der Waals surface area contributed by atoms with Crippen molar-refractivity contribution in [2.75, 3.05) is 5.32 Å². The molecular formula is C13H12ClN3O2. The average Bonchev–Trinajstić information content (AvgIpc) is 2.35. The van der Waals surface area contributed by atoms with Crippen molar-refractivity contribution in [2.45, 2.75) is 13.5 Å². The summed E-state index contributed by atoms with van der Waals surface area (Å²) in [7, 11) is 0. The summed E-state index contributed by atoms with van der Waals surface area (Å²) in [5.41, 5.74) is 0.334. The van der Waals surface area contributed by atoms with Gasteiger partial charge in [0.2, 0.25) is 5.91 Å². The fourth-order valence-electron chi connectivity index (χ4n) is 1.64. The maximum absolute atomic E-state index is 11.8. The van der Waals surface area contributed by atoms with E-state index in [2.05, 4.69) is 10.3 Å². The Morgan fingerprint density at radius 2 is 2.05 bits per heavy atom. The zero-order valence-corrected chi connectivity index (χ0v) is 11.0. The summed E-state index contributed by atoms with van der Waals surface area (Å²) in [5, 5.41) is 2.83. The van der Waals surface area contributed by atoms with Crippen LogP contribution < -0.4 is 10.9 Å². The van der Waals surface area contributed by atoms with Crippen LogP contribution in [-0.2, 0) is 11.3 Å². The summed E-state index contributed by atoms with van der Waals surface area (Å²) in [6.07, 6.45) is 0. The summed E-state index contributed by atoms with van der Waals surface area (Å²) < 4.78 is 1.27. The van der Waals surface area contributed by atoms with Crippen LogP contribution in [0.25, 0.3) is 0 Å². The molecule has 1 aromatic carbocycles. The van der Waals surface area contributed by atoms with Gasteiger partial charge in [-0.25, -0.2) is 4.98 Å². The largest absolute Gasteiger partial charge is 0.325 e. The molecule has 0 aliphatic heterocycles. The quantitative estimate of drug-likeness (QED) is 0.871. The van der Waals surface area contributed by atoms with Gasteiger partial charge >= 0.3 is 0 Å². The number of para-hydroxylation sites is 1. The Labute approximate surface area is 114 Å². The molecule has 0 saturated carbocycles. The van der Waals surface area contributed by atoms with E-state index in [1.807, 2.05) is 18.2 Å². The molecule has 0 spiro atoms. The van der Waals surface area contributed by atoms with Gasteiger partial charge < -0.3 is 5.32 Å². The lowest BCUT2D eigenvalue weighted by atomic mass is 10.3. The maximum Gasteiger partial charge on any atom is 0.255 e. The number of hydrogen-bond donors (Lipinski definition) is 1. The SMILES string of the molecule is Cc1nc(Cl)cc(=O)n1CC(=O)Nc1ccccc1. The zero-order valence-electron chi connectivity index (χ0n) is 10.3. The number of carbonyl (C=O) groups is 1. The number of nitrogens with zero attached hydrogens (tertiary/aromatic N) is 2. The van der Waals surface area contributed by atoms with Crippen LogP contribution in [0.15, 0.2) is 41.2 Å². The fraction of sp³-hybridized carbons (Fsp3) is 0.154. The highest BCUT2D eigenvalue weighted by molar-refractivity contribution is 6.29. The lowest BCUT2D eigenvalue weighted by molar-refractivity contribution is -0.116. The van der Waals surface area contributed by atoms with Crippen LogP contribution in [0, 0.1) is 6.92 Å². The molecule has 1 aromatic heterocycles. The molecule has 0 fully saturated rings. The number of carbonyl (C=O) groups excluding carboxylic acids is 1. The first kappa shape index (κ1) is 13.3. The molecule has 2 rings (SSSR count). The Morgan fingerprint density at radius 3 is 2.68 bits per heavy atom. The fourth-order valence-corrected chi connectivity index (χ4v) is 1.86. The normalized spacial score (nSPS) is 10.2. The van der Waals surface area contributed by atoms with E-state index in [4.69, 9.17) is 11.6 Å². The van der Waals surface area contributed by atoms with Crippen LogP contribution in [0.5, 0.6) is 0 Å². The summed E-state index contributed by atoms with van der Waals surface area (Å²) in [5.74, 6) is 0.112. The van der Waals surface area contributed by atoms with E-state index in [0.717, 1.165) is 0 Å². The Hall–Kier alpha value is -2.14. The number of benzene rings is 1. The van der Waals surface area contributed by atoms with Crippen LogP contribution >= 0.6 is 11.6 Å². The van der Waals surface area contributed by atoms with Gasteiger partial charge in [0.1, 0.15) is 17.5 Å². The summed E-state index contributed by atoms with van der Waals surface area (Å²) in [4.78, 5) is 27.5. The van der Waals surface area contributed by atoms with Crippen LogP contribution in [0.3, 0.4) is 0 Å². The summed E-state index contributed by atoms with van der Waals surface area (Å²) in [6, 6.07) is 10.2. The molecule has 1 heterocycles. The third-order valence-electron chi connectivity index (χ3n) is 2.53. The highest BCUT2D eigenvalue weighted by Gasteiger charge is 2.09. The van der Waals surface area contributed by atoms with Gasteiger partial charge in [0, 0.05) is 11.8 Å². The van der Waals surface area contributed by atoms with Gasteiger partial charge in [-0.2, -0.15) is 0 Å². The van der Waals surface area contributed by atoms with Gasteiger partial charge in [-0.3, -0.25) is 14.2 Å². The Morgan fingerprint density at radius 1 is 1.37 bits per heavy atom. The van der Waals surface area contributed by atoms with Crippen LogP contribution in [-0.4, -0.2) is 15.5 Å². The first-order chi connectivity index (χ1) is 9.06. The van der Waals surface area contributed by atoms with Crippen LogP contribution in [0.4, 0.5) is 5.69 Å². The molecule has 1 N–H and O–H groups in total. The third kappa shape index (κ3) is 3.42. The number of halogens is 1. The molecule has 0 bridgehead atoms. The average molecular weight is 278 g/mol. The number of hydrogen-bond acceptors (Lipinski definition) is 3. The van der Waals surface area contributed by atoms with E-state index in [-0.39, 0.29) is 23.2 Å². The van der Waals surface area contributed by atoms with E-state index >= 15 is 0 Å². The molecule has 0 atom stereocenters. The molecule has 5 nitrogen and oxygen atoms in total. The summed E-state index contributed by atoms with van der Waals surface area (Å²) in [6.45, 7) is 1.53. The monoisotopic (exact) mass is 277 g/mol. The Bertz CT molecular complexity index is 653. The van der Waals surface area contributed by atoms with Gasteiger partial charge in [0.25, 0.3) is 5.56 Å². The molecule has 98 valence electrons. The van der Waals surface area contributed by atoms with Crippen molar-refractivity contribution < 1.29 is 4.79 Å². The van der Waals surface area contributed by atoms with Crippen molar-refractivity contribution in [1.29, 1.82) is 0 Å². The number of aromatic nitrogens is 2. The second kappa shape index (κ2) is 5.67. The summed E-state index contributed by atoms with van der Waals surface area (Å²) >= 11 is 5.66. The van der Waals surface area contributed by atoms with Gasteiger partial charge in [-0.05, 0) is 19.1 Å². The first-order valence-electron chi connectivity index (χ1n) is 5.65. The molecule has 19 heavy (non-hydrogen) atoms. The second-order valence-electron chi connectivity index (χ2n) is 3.96. The highest BCUT2D eigenvalue weighted by atomic mass is 35.5. The predicted molar refractivity (Wildman–Crippen MR) is 73.3 cm³/mol. The van der Waals surface area contributed by atoms with E-state index in [9.17, 15) is 9.59 Å². The minimum Gasteiger partial charge on any atom is -0.325 e. The third-order valence-corrected chi connectivity index (χ3v) is 2.72. The standard InChI is InChI=1S/C13H12ClN3O2/c1-9-15-11(14)7-13(19)17(9)8-12(18)16-10-5-3-2-4-6-10/h2-7H,8H2,1H3,(H,16,18). The van der Waals surface area contributed by atoms with Gasteiger partial charge in [0.05, 0.1) is 0 Å². The van der Waals surface area contributed by atoms with Gasteiger partial charge in [-0.1, -0.05) is 29.8 Å². The first-order valence-corrected chi connectivity index (χ1v) is 6.03. The molecule has 2 aromatic rings.